The molecule has 2 saturated carbocycles. The third-order valence-corrected chi connectivity index (χ3v) is 13.0. The highest BCUT2D eigenvalue weighted by Crippen LogP contribution is 3.14. The molecular formula is C9H14Si. The summed E-state index contributed by atoms with van der Waals surface area (Å²) in [5.41, 5.74) is 4.13. The van der Waals surface area contributed by atoms with Crippen LogP contribution in [0.15, 0.2) is 0 Å². The fourth-order valence-corrected chi connectivity index (χ4v) is 14.4. The minimum Gasteiger partial charge on any atom is -0.0625 e. The van der Waals surface area contributed by atoms with Gasteiger partial charge in [0.05, 0.1) is 8.07 Å². The molecule has 3 saturated heterocycles. The lowest BCUT2D eigenvalue weighted by Gasteiger charge is -2.38. The van der Waals surface area contributed by atoms with Crippen LogP contribution in [0.1, 0.15) is 20.8 Å². The van der Waals surface area contributed by atoms with Crippen LogP contribution >= 0.6 is 0 Å². The van der Waals surface area contributed by atoms with Crippen LogP contribution in [0, 0.1) is 11.8 Å². The Morgan fingerprint density at radius 1 is 0.900 bits per heavy atom. The fourth-order valence-electron chi connectivity index (χ4n) is 5.06. The number of rotatable bonds is 0. The molecule has 0 aromatic carbocycles. The zero-order valence-electron chi connectivity index (χ0n) is 6.89. The molecule has 2 aliphatic carbocycles. The lowest BCUT2D eigenvalue weighted by Crippen LogP contribution is -2.39. The predicted molar refractivity (Wildman–Crippen MR) is 43.7 cm³/mol. The molecular weight excluding hydrogens is 136 g/mol. The molecule has 0 bridgehead atoms. The van der Waals surface area contributed by atoms with Crippen molar-refractivity contribution in [1.29, 1.82) is 0 Å². The second kappa shape index (κ2) is 0.840. The second-order valence-corrected chi connectivity index (χ2v) is 11.3. The average Bonchev–Trinajstić information content (AvgIpc) is 2.00. The highest BCUT2D eigenvalue weighted by atomic mass is 28.3. The first kappa shape index (κ1) is 4.97. The van der Waals surface area contributed by atoms with E-state index in [9.17, 15) is 0 Å². The van der Waals surface area contributed by atoms with E-state index < -0.39 is 8.07 Å². The minimum absolute atomic E-state index is 0.501. The first-order valence-electron chi connectivity index (χ1n) is 4.62. The van der Waals surface area contributed by atoms with Crippen molar-refractivity contribution >= 4 is 8.07 Å². The minimum atomic E-state index is -0.501. The van der Waals surface area contributed by atoms with Gasteiger partial charge in [0.25, 0.3) is 0 Å². The summed E-state index contributed by atoms with van der Waals surface area (Å²) in [6.45, 7) is 7.53. The molecule has 54 valence electrons. The standard InChI is InChI=1S/C9H14Si/c1-9(2,3)10-6-4-5(6)8(10)7(4)10/h4-8H,1-3H3. The first-order valence-corrected chi connectivity index (χ1v) is 6.85. The summed E-state index contributed by atoms with van der Waals surface area (Å²) < 4.78 is 0. The molecule has 5 fully saturated rings. The van der Waals surface area contributed by atoms with Crippen LogP contribution in [0.2, 0.25) is 21.7 Å². The summed E-state index contributed by atoms with van der Waals surface area (Å²) >= 11 is 0. The van der Waals surface area contributed by atoms with E-state index in [2.05, 4.69) is 20.8 Å². The quantitative estimate of drug-likeness (QED) is 0.466. The van der Waals surface area contributed by atoms with Crippen molar-refractivity contribution in [2.45, 2.75) is 42.4 Å². The monoisotopic (exact) mass is 150 g/mol. The van der Waals surface area contributed by atoms with E-state index in [0.717, 1.165) is 5.04 Å². The maximum absolute atomic E-state index is 2.51. The van der Waals surface area contributed by atoms with Gasteiger partial charge >= 0.3 is 0 Å². The van der Waals surface area contributed by atoms with Gasteiger partial charge < -0.3 is 0 Å². The molecule has 1 heteroatoms. The van der Waals surface area contributed by atoms with Gasteiger partial charge in [-0.2, -0.15) is 0 Å². The van der Waals surface area contributed by atoms with Crippen LogP contribution in [0.5, 0.6) is 0 Å². The molecule has 0 spiro atoms. The summed E-state index contributed by atoms with van der Waals surface area (Å²) in [5, 5.41) is 0.788. The summed E-state index contributed by atoms with van der Waals surface area (Å²) in [6, 6.07) is 0. The fraction of sp³-hybridized carbons (Fsp3) is 1.00. The van der Waals surface area contributed by atoms with Crippen molar-refractivity contribution in [3.05, 3.63) is 0 Å². The zero-order chi connectivity index (χ0) is 6.89. The summed E-state index contributed by atoms with van der Waals surface area (Å²) in [7, 11) is -0.501. The van der Waals surface area contributed by atoms with Crippen molar-refractivity contribution in [3.8, 4) is 0 Å². The van der Waals surface area contributed by atoms with Crippen molar-refractivity contribution in [3.63, 3.8) is 0 Å². The third-order valence-electron chi connectivity index (χ3n) is 5.19. The Kier molecular flexibility index (Phi) is 0.417. The van der Waals surface area contributed by atoms with Crippen LogP contribution in [0.3, 0.4) is 0 Å². The highest BCUT2D eigenvalue weighted by Gasteiger charge is 3.08. The van der Waals surface area contributed by atoms with Gasteiger partial charge in [0.1, 0.15) is 0 Å². The normalized spacial score (nSPS) is 78.9. The zero-order valence-corrected chi connectivity index (χ0v) is 7.89. The van der Waals surface area contributed by atoms with E-state index in [4.69, 9.17) is 0 Å². The smallest absolute Gasteiger partial charge is 0.0625 e. The Labute approximate surface area is 63.0 Å². The van der Waals surface area contributed by atoms with Crippen LogP contribution in [0.25, 0.3) is 0 Å². The van der Waals surface area contributed by atoms with Crippen LogP contribution in [-0.4, -0.2) is 8.07 Å². The lowest BCUT2D eigenvalue weighted by atomic mass is 10.0. The molecule has 5 rings (SSSR count). The molecule has 0 aromatic heterocycles. The molecule has 4 atom stereocenters. The molecule has 0 nitrogen and oxygen atoms in total. The summed E-state index contributed by atoms with van der Waals surface area (Å²) in [6.07, 6.45) is 0. The van der Waals surface area contributed by atoms with E-state index in [1.165, 1.54) is 28.5 Å². The molecule has 0 aromatic rings. The molecule has 3 aliphatic heterocycles. The molecule has 5 aliphatic rings. The Morgan fingerprint density at radius 2 is 1.40 bits per heavy atom. The van der Waals surface area contributed by atoms with Crippen LogP contribution in [-0.2, 0) is 0 Å². The third kappa shape index (κ3) is 0.192. The summed E-state index contributed by atoms with van der Waals surface area (Å²) in [5.74, 6) is 2.66. The first-order chi connectivity index (χ1) is 4.62. The second-order valence-electron chi connectivity index (χ2n) is 5.92. The van der Waals surface area contributed by atoms with Crippen molar-refractivity contribution in [1.82, 2.24) is 0 Å². The Bertz CT molecular complexity index is 220. The van der Waals surface area contributed by atoms with E-state index in [-0.39, 0.29) is 0 Å². The van der Waals surface area contributed by atoms with Gasteiger partial charge in [-0.3, -0.25) is 0 Å². The van der Waals surface area contributed by atoms with E-state index in [1.54, 1.807) is 0 Å². The highest BCUT2D eigenvalue weighted by molar-refractivity contribution is 7.05. The predicted octanol–water partition coefficient (Wildman–Crippen LogP) is 2.63. The maximum Gasteiger partial charge on any atom is 0.0694 e. The van der Waals surface area contributed by atoms with Crippen LogP contribution in [0.4, 0.5) is 0 Å². The summed E-state index contributed by atoms with van der Waals surface area (Å²) in [4.78, 5) is 0. The number of hydrogen-bond acceptors (Lipinski definition) is 0. The molecule has 4 unspecified atom stereocenters. The Balaban J connectivity index is 1.85. The van der Waals surface area contributed by atoms with Gasteiger partial charge in [-0.15, -0.1) is 0 Å². The molecule has 0 radical (unpaired) electrons. The van der Waals surface area contributed by atoms with Crippen molar-refractivity contribution < 1.29 is 0 Å². The van der Waals surface area contributed by atoms with E-state index in [0.29, 0.717) is 0 Å². The van der Waals surface area contributed by atoms with Gasteiger partial charge in [0.15, 0.2) is 0 Å². The molecule has 0 amide bonds. The molecule has 3 heterocycles. The Hall–Kier alpha value is 0.217. The SMILES string of the molecule is CC(C)(C)[Si]12C3C4C3C1C42. The largest absolute Gasteiger partial charge is 0.0694 e. The number of hydrogen-bond donors (Lipinski definition) is 0. The van der Waals surface area contributed by atoms with E-state index in [1.807, 2.05) is 0 Å². The molecule has 10 heavy (non-hydrogen) atoms. The van der Waals surface area contributed by atoms with Gasteiger partial charge in [-0.25, -0.2) is 0 Å². The Morgan fingerprint density at radius 3 is 1.60 bits per heavy atom. The van der Waals surface area contributed by atoms with E-state index >= 15 is 0 Å². The van der Waals surface area contributed by atoms with Gasteiger partial charge in [0, 0.05) is 0 Å². The van der Waals surface area contributed by atoms with Gasteiger partial charge in [-0.1, -0.05) is 20.8 Å². The van der Waals surface area contributed by atoms with Crippen molar-refractivity contribution in [2.24, 2.45) is 11.8 Å². The van der Waals surface area contributed by atoms with Crippen LogP contribution < -0.4 is 0 Å². The topological polar surface area (TPSA) is 0 Å². The van der Waals surface area contributed by atoms with Gasteiger partial charge in [-0.05, 0) is 33.5 Å². The average molecular weight is 150 g/mol. The maximum atomic E-state index is 2.51. The van der Waals surface area contributed by atoms with Gasteiger partial charge in [0.2, 0.25) is 0 Å². The molecule has 0 N–H and O–H groups in total. The lowest BCUT2D eigenvalue weighted by molar-refractivity contribution is 0.556. The van der Waals surface area contributed by atoms with Crippen molar-refractivity contribution in [2.75, 3.05) is 0 Å².